The molecule has 1 aliphatic carbocycles. The number of aryl methyl sites for hydroxylation is 1. The van der Waals surface area contributed by atoms with Crippen LogP contribution in [0.4, 0.5) is 0 Å². The van der Waals surface area contributed by atoms with Gasteiger partial charge in [0.15, 0.2) is 0 Å². The van der Waals surface area contributed by atoms with Crippen molar-refractivity contribution in [2.24, 2.45) is 5.92 Å². The predicted octanol–water partition coefficient (Wildman–Crippen LogP) is 2.74. The van der Waals surface area contributed by atoms with Crippen LogP contribution in [0.2, 0.25) is 0 Å². The van der Waals surface area contributed by atoms with E-state index in [1.54, 1.807) is 0 Å². The fraction of sp³-hybridized carbons (Fsp3) is 0.769. The van der Waals surface area contributed by atoms with Crippen LogP contribution in [0.25, 0.3) is 0 Å². The maximum absolute atomic E-state index is 4.33. The Morgan fingerprint density at radius 1 is 1.56 bits per heavy atom. The molecule has 2 rings (SSSR count). The molecule has 1 aromatic heterocycles. The molecular formula is C13H23N3. The van der Waals surface area contributed by atoms with Crippen LogP contribution in [0, 0.1) is 5.92 Å². The fourth-order valence-corrected chi connectivity index (χ4v) is 2.59. The van der Waals surface area contributed by atoms with E-state index in [4.69, 9.17) is 0 Å². The largest absolute Gasteiger partial charge is 0.307 e. The van der Waals surface area contributed by atoms with Crippen LogP contribution >= 0.6 is 0 Å². The van der Waals surface area contributed by atoms with E-state index in [2.05, 4.69) is 37.4 Å². The van der Waals surface area contributed by atoms with Crippen molar-refractivity contribution in [3.05, 3.63) is 18.0 Å². The zero-order chi connectivity index (χ0) is 11.5. The lowest BCUT2D eigenvalue weighted by atomic mass is 10.0. The van der Waals surface area contributed by atoms with Gasteiger partial charge in [-0.25, -0.2) is 0 Å². The lowest BCUT2D eigenvalue weighted by Gasteiger charge is -2.22. The highest BCUT2D eigenvalue weighted by Crippen LogP contribution is 2.27. The molecule has 1 N–H and O–H groups in total. The van der Waals surface area contributed by atoms with Crippen LogP contribution in [0.1, 0.15) is 51.6 Å². The van der Waals surface area contributed by atoms with E-state index >= 15 is 0 Å². The molecule has 0 spiro atoms. The van der Waals surface area contributed by atoms with E-state index in [0.29, 0.717) is 12.1 Å². The topological polar surface area (TPSA) is 29.9 Å². The van der Waals surface area contributed by atoms with Crippen molar-refractivity contribution in [2.45, 2.75) is 58.7 Å². The van der Waals surface area contributed by atoms with E-state index in [-0.39, 0.29) is 0 Å². The van der Waals surface area contributed by atoms with Gasteiger partial charge in [-0.3, -0.25) is 4.68 Å². The monoisotopic (exact) mass is 221 g/mol. The molecule has 3 nitrogen and oxygen atoms in total. The molecule has 1 heterocycles. The normalized spacial score (nSPS) is 27.2. The Bertz CT molecular complexity index is 332. The third-order valence-electron chi connectivity index (χ3n) is 3.80. The second-order valence-electron chi connectivity index (χ2n) is 5.03. The summed E-state index contributed by atoms with van der Waals surface area (Å²) in [5, 5.41) is 8.05. The zero-order valence-electron chi connectivity index (χ0n) is 10.6. The third-order valence-corrected chi connectivity index (χ3v) is 3.80. The summed E-state index contributed by atoms with van der Waals surface area (Å²) < 4.78 is 1.99. The lowest BCUT2D eigenvalue weighted by Crippen LogP contribution is -2.33. The number of hydrogen-bond acceptors (Lipinski definition) is 2. The van der Waals surface area contributed by atoms with Crippen molar-refractivity contribution >= 4 is 0 Å². The molecule has 1 fully saturated rings. The van der Waals surface area contributed by atoms with Gasteiger partial charge in [-0.1, -0.05) is 13.3 Å². The molecule has 0 aliphatic heterocycles. The summed E-state index contributed by atoms with van der Waals surface area (Å²) in [6.07, 6.45) is 8.21. The van der Waals surface area contributed by atoms with Gasteiger partial charge in [0.25, 0.3) is 0 Å². The smallest absolute Gasteiger partial charge is 0.0537 e. The summed E-state index contributed by atoms with van der Waals surface area (Å²) in [5.74, 6) is 0.823. The molecule has 3 heteroatoms. The Morgan fingerprint density at radius 3 is 2.94 bits per heavy atom. The Kier molecular flexibility index (Phi) is 3.64. The standard InChI is InChI=1S/C13H23N3/c1-4-16-9-12(8-14-16)11(3)15-13-7-5-6-10(13)2/h8-11,13,15H,4-7H2,1-3H3. The van der Waals surface area contributed by atoms with Crippen molar-refractivity contribution in [1.82, 2.24) is 15.1 Å². The maximum atomic E-state index is 4.33. The maximum Gasteiger partial charge on any atom is 0.0537 e. The highest BCUT2D eigenvalue weighted by Gasteiger charge is 2.24. The average Bonchev–Trinajstić information content (AvgIpc) is 2.88. The van der Waals surface area contributed by atoms with Crippen molar-refractivity contribution in [3.8, 4) is 0 Å². The lowest BCUT2D eigenvalue weighted by molar-refractivity contribution is 0.388. The molecule has 0 aromatic carbocycles. The molecule has 1 saturated carbocycles. The molecule has 3 unspecified atom stereocenters. The van der Waals surface area contributed by atoms with Gasteiger partial charge in [0.1, 0.15) is 0 Å². The first-order chi connectivity index (χ1) is 7.70. The van der Waals surface area contributed by atoms with Crippen LogP contribution in [-0.4, -0.2) is 15.8 Å². The quantitative estimate of drug-likeness (QED) is 0.847. The number of rotatable bonds is 4. The summed E-state index contributed by atoms with van der Waals surface area (Å²) in [6.45, 7) is 7.66. The molecule has 16 heavy (non-hydrogen) atoms. The highest BCUT2D eigenvalue weighted by molar-refractivity contribution is 5.09. The minimum atomic E-state index is 0.422. The van der Waals surface area contributed by atoms with Crippen molar-refractivity contribution in [3.63, 3.8) is 0 Å². The van der Waals surface area contributed by atoms with Crippen LogP contribution in [0.15, 0.2) is 12.4 Å². The number of nitrogens with zero attached hydrogens (tertiary/aromatic N) is 2. The molecule has 1 aromatic rings. The SMILES string of the molecule is CCn1cc(C(C)NC2CCCC2C)cn1. The molecular weight excluding hydrogens is 198 g/mol. The van der Waals surface area contributed by atoms with E-state index < -0.39 is 0 Å². The van der Waals surface area contributed by atoms with E-state index in [9.17, 15) is 0 Å². The predicted molar refractivity (Wildman–Crippen MR) is 66.3 cm³/mol. The average molecular weight is 221 g/mol. The van der Waals surface area contributed by atoms with Crippen LogP contribution in [-0.2, 0) is 6.54 Å². The minimum absolute atomic E-state index is 0.422. The molecule has 90 valence electrons. The molecule has 0 saturated heterocycles. The van der Waals surface area contributed by atoms with E-state index in [1.807, 2.05) is 10.9 Å². The van der Waals surface area contributed by atoms with Gasteiger partial charge < -0.3 is 5.32 Å². The summed E-state index contributed by atoms with van der Waals surface area (Å²) >= 11 is 0. The van der Waals surface area contributed by atoms with Gasteiger partial charge >= 0.3 is 0 Å². The Hall–Kier alpha value is -0.830. The number of nitrogens with one attached hydrogen (secondary N) is 1. The second-order valence-corrected chi connectivity index (χ2v) is 5.03. The molecule has 3 atom stereocenters. The minimum Gasteiger partial charge on any atom is -0.307 e. The number of aromatic nitrogens is 2. The molecule has 0 radical (unpaired) electrons. The summed E-state index contributed by atoms with van der Waals surface area (Å²) in [4.78, 5) is 0. The second kappa shape index (κ2) is 5.00. The van der Waals surface area contributed by atoms with Gasteiger partial charge in [-0.05, 0) is 32.6 Å². The highest BCUT2D eigenvalue weighted by atomic mass is 15.3. The van der Waals surface area contributed by atoms with Gasteiger partial charge in [0.2, 0.25) is 0 Å². The van der Waals surface area contributed by atoms with Crippen molar-refractivity contribution < 1.29 is 0 Å². The van der Waals surface area contributed by atoms with Gasteiger partial charge in [-0.2, -0.15) is 5.10 Å². The molecule has 1 aliphatic rings. The summed E-state index contributed by atoms with van der Waals surface area (Å²) in [6, 6.07) is 1.12. The first-order valence-corrected chi connectivity index (χ1v) is 6.49. The van der Waals surface area contributed by atoms with E-state index in [0.717, 1.165) is 12.5 Å². The van der Waals surface area contributed by atoms with E-state index in [1.165, 1.54) is 24.8 Å². The first-order valence-electron chi connectivity index (χ1n) is 6.49. The van der Waals surface area contributed by atoms with Crippen LogP contribution in [0.5, 0.6) is 0 Å². The third kappa shape index (κ3) is 2.46. The molecule has 0 amide bonds. The first kappa shape index (κ1) is 11.6. The van der Waals surface area contributed by atoms with Crippen LogP contribution < -0.4 is 5.32 Å². The zero-order valence-corrected chi connectivity index (χ0v) is 10.6. The summed E-state index contributed by atoms with van der Waals surface area (Å²) in [7, 11) is 0. The fourth-order valence-electron chi connectivity index (χ4n) is 2.59. The summed E-state index contributed by atoms with van der Waals surface area (Å²) in [5.41, 5.74) is 1.31. The van der Waals surface area contributed by atoms with Gasteiger partial charge in [0.05, 0.1) is 6.20 Å². The molecule has 0 bridgehead atoms. The van der Waals surface area contributed by atoms with Crippen molar-refractivity contribution in [2.75, 3.05) is 0 Å². The van der Waals surface area contributed by atoms with Crippen molar-refractivity contribution in [1.29, 1.82) is 0 Å². The Morgan fingerprint density at radius 2 is 2.38 bits per heavy atom. The van der Waals surface area contributed by atoms with Gasteiger partial charge in [0, 0.05) is 30.4 Å². The Labute approximate surface area is 98.2 Å². The van der Waals surface area contributed by atoms with Crippen LogP contribution in [0.3, 0.4) is 0 Å². The van der Waals surface area contributed by atoms with Gasteiger partial charge in [-0.15, -0.1) is 0 Å². The Balaban J connectivity index is 1.94. The number of hydrogen-bond donors (Lipinski definition) is 1.